The first-order valence-corrected chi connectivity index (χ1v) is 37.6. The maximum absolute atomic E-state index is 13.0. The Bertz CT molecular complexity index is 1480. The maximum Gasteiger partial charge on any atom is 0.305 e. The summed E-state index contributed by atoms with van der Waals surface area (Å²) in [4.78, 5) is 25.1. The molecule has 86 heavy (non-hydrogen) atoms. The SMILES string of the molecule is CCCCCCCC/C=C\CCCCCCCCCC(=O)OCCCCCCCCCCCCCCCCCCCCCCCCCCCCCCCCCCC(=O)NC(COC1OC(CO)C(O)C(O)C1O)C(O)/C=C/CCCCCCCCC. The van der Waals surface area contributed by atoms with Crippen LogP contribution in [0, 0.1) is 0 Å². The van der Waals surface area contributed by atoms with Crippen molar-refractivity contribution in [2.75, 3.05) is 19.8 Å². The van der Waals surface area contributed by atoms with E-state index in [0.717, 1.165) is 57.8 Å². The first-order chi connectivity index (χ1) is 42.2. The molecule has 7 unspecified atom stereocenters. The van der Waals surface area contributed by atoms with E-state index in [2.05, 4.69) is 31.3 Å². The van der Waals surface area contributed by atoms with Crippen molar-refractivity contribution in [2.24, 2.45) is 0 Å². The van der Waals surface area contributed by atoms with Crippen LogP contribution >= 0.6 is 0 Å². The largest absolute Gasteiger partial charge is 0.466 e. The molecule has 1 heterocycles. The van der Waals surface area contributed by atoms with E-state index in [0.29, 0.717) is 19.4 Å². The molecule has 11 heteroatoms. The number of carbonyl (C=O) groups excluding carboxylic acids is 2. The van der Waals surface area contributed by atoms with Gasteiger partial charge in [-0.2, -0.15) is 0 Å². The van der Waals surface area contributed by atoms with Crippen LogP contribution < -0.4 is 5.32 Å². The predicted molar refractivity (Wildman–Crippen MR) is 361 cm³/mol. The molecular weight excluding hydrogens is 1070 g/mol. The summed E-state index contributed by atoms with van der Waals surface area (Å²) >= 11 is 0. The monoisotopic (exact) mass is 1220 g/mol. The van der Waals surface area contributed by atoms with Crippen molar-refractivity contribution in [1.29, 1.82) is 0 Å². The second kappa shape index (κ2) is 64.7. The fourth-order valence-electron chi connectivity index (χ4n) is 12.1. The molecule has 0 bridgehead atoms. The highest BCUT2D eigenvalue weighted by Crippen LogP contribution is 2.24. The van der Waals surface area contributed by atoms with Gasteiger partial charge in [-0.3, -0.25) is 9.59 Å². The summed E-state index contributed by atoms with van der Waals surface area (Å²) in [6.07, 6.45) is 72.1. The van der Waals surface area contributed by atoms with Gasteiger partial charge in [-0.15, -0.1) is 0 Å². The highest BCUT2D eigenvalue weighted by molar-refractivity contribution is 5.76. The number of hydrogen-bond donors (Lipinski definition) is 6. The lowest BCUT2D eigenvalue weighted by Crippen LogP contribution is -2.60. The number of ether oxygens (including phenoxy) is 3. The average Bonchev–Trinajstić information content (AvgIpc) is 3.72. The number of allylic oxidation sites excluding steroid dienone is 3. The minimum Gasteiger partial charge on any atom is -0.466 e. The lowest BCUT2D eigenvalue weighted by Gasteiger charge is -2.40. The number of esters is 1. The van der Waals surface area contributed by atoms with Crippen molar-refractivity contribution >= 4 is 11.9 Å². The predicted octanol–water partition coefficient (Wildman–Crippen LogP) is 19.6. The third kappa shape index (κ3) is 52.9. The standard InChI is InChI=1S/C75H143NO10/c1-3-5-7-9-11-13-14-15-16-33-37-40-43-47-51-55-59-63-71(80)84-64-60-56-52-48-44-41-38-35-32-30-28-26-24-22-20-18-17-19-21-23-25-27-29-31-34-36-39-42-46-50-54-58-62-70(79)76-67(68(78)61-57-53-49-45-12-10-8-6-4-2)66-85-75-74(83)73(82)72(81)69(65-77)86-75/h15-16,57,61,67-69,72-75,77-78,81-83H,3-14,17-56,58-60,62-66H2,1-2H3,(H,76,79)/b16-15-,61-57+. The zero-order valence-electron chi connectivity index (χ0n) is 56.6. The van der Waals surface area contributed by atoms with Crippen molar-refractivity contribution < 1.29 is 49.3 Å². The van der Waals surface area contributed by atoms with Crippen LogP contribution in [-0.2, 0) is 23.8 Å². The van der Waals surface area contributed by atoms with Crippen LogP contribution in [0.2, 0.25) is 0 Å². The maximum atomic E-state index is 13.0. The molecule has 0 aromatic carbocycles. The number of nitrogens with one attached hydrogen (secondary N) is 1. The minimum atomic E-state index is -1.57. The minimum absolute atomic E-state index is 0.0110. The molecule has 0 aromatic heterocycles. The average molecular weight is 1220 g/mol. The molecule has 508 valence electrons. The van der Waals surface area contributed by atoms with Gasteiger partial charge in [0.05, 0.1) is 32.0 Å². The summed E-state index contributed by atoms with van der Waals surface area (Å²) in [5.74, 6) is -0.166. The second-order valence-electron chi connectivity index (χ2n) is 26.4. The number of aliphatic hydroxyl groups is 5. The lowest BCUT2D eigenvalue weighted by molar-refractivity contribution is -0.302. The number of unbranched alkanes of at least 4 members (excludes halogenated alkanes) is 51. The molecule has 1 aliphatic rings. The molecule has 0 radical (unpaired) electrons. The highest BCUT2D eigenvalue weighted by Gasteiger charge is 2.44. The fraction of sp³-hybridized carbons (Fsp3) is 0.920. The molecular formula is C75H143NO10. The summed E-state index contributed by atoms with van der Waals surface area (Å²) < 4.78 is 16.7. The molecule has 1 saturated heterocycles. The van der Waals surface area contributed by atoms with E-state index in [1.807, 2.05) is 6.08 Å². The van der Waals surface area contributed by atoms with Gasteiger partial charge in [0.15, 0.2) is 6.29 Å². The van der Waals surface area contributed by atoms with Gasteiger partial charge in [0.1, 0.15) is 24.4 Å². The summed E-state index contributed by atoms with van der Waals surface area (Å²) in [6, 6.07) is -0.805. The topological polar surface area (TPSA) is 175 Å². The number of rotatable bonds is 67. The Morgan fingerprint density at radius 3 is 1.12 bits per heavy atom. The Hall–Kier alpha value is -1.86. The number of hydrogen-bond acceptors (Lipinski definition) is 10. The van der Waals surface area contributed by atoms with Gasteiger partial charge in [0.25, 0.3) is 0 Å². The molecule has 1 aliphatic heterocycles. The van der Waals surface area contributed by atoms with Crippen LogP contribution in [0.25, 0.3) is 0 Å². The first-order valence-electron chi connectivity index (χ1n) is 37.6. The van der Waals surface area contributed by atoms with Crippen LogP contribution in [0.5, 0.6) is 0 Å². The highest BCUT2D eigenvalue weighted by atomic mass is 16.7. The van der Waals surface area contributed by atoms with Crippen molar-refractivity contribution in [1.82, 2.24) is 5.32 Å². The Kier molecular flexibility index (Phi) is 61.8. The molecule has 11 nitrogen and oxygen atoms in total. The van der Waals surface area contributed by atoms with Gasteiger partial charge in [0, 0.05) is 12.8 Å². The van der Waals surface area contributed by atoms with E-state index in [-0.39, 0.29) is 18.5 Å². The van der Waals surface area contributed by atoms with E-state index < -0.39 is 49.5 Å². The molecule has 1 rings (SSSR count). The molecule has 6 N–H and O–H groups in total. The first kappa shape index (κ1) is 82.2. The Labute approximate surface area is 531 Å². The van der Waals surface area contributed by atoms with Crippen LogP contribution in [0.4, 0.5) is 0 Å². The Morgan fingerprint density at radius 2 is 0.744 bits per heavy atom. The third-order valence-corrected chi connectivity index (χ3v) is 18.1. The molecule has 0 aliphatic carbocycles. The number of carbonyl (C=O) groups is 2. The Morgan fingerprint density at radius 1 is 0.419 bits per heavy atom. The van der Waals surface area contributed by atoms with E-state index in [9.17, 15) is 35.1 Å². The van der Waals surface area contributed by atoms with Gasteiger partial charge in [-0.05, 0) is 57.8 Å². The normalized spacial score (nSPS) is 18.0. The van der Waals surface area contributed by atoms with Gasteiger partial charge in [0.2, 0.25) is 5.91 Å². The summed E-state index contributed by atoms with van der Waals surface area (Å²) in [5.41, 5.74) is 0. The van der Waals surface area contributed by atoms with Crippen molar-refractivity contribution in [3.63, 3.8) is 0 Å². The van der Waals surface area contributed by atoms with Gasteiger partial charge in [-0.1, -0.05) is 334 Å². The van der Waals surface area contributed by atoms with Gasteiger partial charge >= 0.3 is 5.97 Å². The number of aliphatic hydroxyl groups excluding tert-OH is 5. The van der Waals surface area contributed by atoms with Crippen LogP contribution in [-0.4, -0.2) is 100 Å². The van der Waals surface area contributed by atoms with E-state index >= 15 is 0 Å². The zero-order chi connectivity index (χ0) is 62.3. The molecule has 0 saturated carbocycles. The molecule has 0 aromatic rings. The fourth-order valence-corrected chi connectivity index (χ4v) is 12.1. The van der Waals surface area contributed by atoms with E-state index in [1.54, 1.807) is 6.08 Å². The Balaban J connectivity index is 1.86. The summed E-state index contributed by atoms with van der Waals surface area (Å²) in [7, 11) is 0. The van der Waals surface area contributed by atoms with E-state index in [4.69, 9.17) is 14.2 Å². The van der Waals surface area contributed by atoms with Crippen LogP contribution in [0.15, 0.2) is 24.3 Å². The van der Waals surface area contributed by atoms with Crippen molar-refractivity contribution in [3.05, 3.63) is 24.3 Å². The van der Waals surface area contributed by atoms with Crippen molar-refractivity contribution in [3.8, 4) is 0 Å². The van der Waals surface area contributed by atoms with Crippen LogP contribution in [0.1, 0.15) is 380 Å². The molecule has 1 amide bonds. The molecule has 1 fully saturated rings. The zero-order valence-corrected chi connectivity index (χ0v) is 56.6. The molecule has 7 atom stereocenters. The van der Waals surface area contributed by atoms with Crippen molar-refractivity contribution in [2.45, 2.75) is 423 Å². The third-order valence-electron chi connectivity index (χ3n) is 18.1. The molecule has 0 spiro atoms. The lowest BCUT2D eigenvalue weighted by atomic mass is 9.99. The quantitative estimate of drug-likeness (QED) is 0.0195. The summed E-state index contributed by atoms with van der Waals surface area (Å²) in [5, 5.41) is 54.3. The van der Waals surface area contributed by atoms with Crippen LogP contribution in [0.3, 0.4) is 0 Å². The second-order valence-corrected chi connectivity index (χ2v) is 26.4. The summed E-state index contributed by atoms with van der Waals surface area (Å²) in [6.45, 7) is 4.35. The number of amides is 1. The van der Waals surface area contributed by atoms with Gasteiger partial charge in [-0.25, -0.2) is 0 Å². The van der Waals surface area contributed by atoms with Gasteiger partial charge < -0.3 is 45.1 Å². The van der Waals surface area contributed by atoms with E-state index in [1.165, 1.54) is 295 Å². The smallest absolute Gasteiger partial charge is 0.305 e.